The Morgan fingerprint density at radius 1 is 1.20 bits per heavy atom. The van der Waals surface area contributed by atoms with Gasteiger partial charge in [0.1, 0.15) is 0 Å². The van der Waals surface area contributed by atoms with Crippen LogP contribution in [0.3, 0.4) is 0 Å². The predicted molar refractivity (Wildman–Crippen MR) is 72.6 cm³/mol. The largest absolute Gasteiger partial charge is 0.399 e. The Hall–Kier alpha value is -2.43. The topological polar surface area (TPSA) is 46.3 Å². The van der Waals surface area contributed by atoms with Gasteiger partial charge in [0.2, 0.25) is 0 Å². The molecule has 1 heterocycles. The van der Waals surface area contributed by atoms with Gasteiger partial charge in [-0.3, -0.25) is 4.79 Å². The molecule has 1 amide bonds. The SMILES string of the molecule is Nc1ccc2c(c1)N(C(=O)c1cccc(F)c1F)CC2. The van der Waals surface area contributed by atoms with Crippen LogP contribution in [0, 0.1) is 11.6 Å². The fraction of sp³-hybridized carbons (Fsp3) is 0.133. The zero-order valence-corrected chi connectivity index (χ0v) is 10.6. The monoisotopic (exact) mass is 274 g/mol. The number of hydrogen-bond acceptors (Lipinski definition) is 2. The van der Waals surface area contributed by atoms with Crippen LogP contribution in [0.5, 0.6) is 0 Å². The summed E-state index contributed by atoms with van der Waals surface area (Å²) in [6, 6.07) is 8.88. The number of nitrogens with zero attached hydrogens (tertiary/aromatic N) is 1. The molecule has 0 fully saturated rings. The number of benzene rings is 2. The molecule has 0 saturated carbocycles. The molecule has 0 spiro atoms. The second kappa shape index (κ2) is 4.59. The molecule has 0 radical (unpaired) electrons. The summed E-state index contributed by atoms with van der Waals surface area (Å²) < 4.78 is 26.9. The highest BCUT2D eigenvalue weighted by molar-refractivity contribution is 6.07. The van der Waals surface area contributed by atoms with Gasteiger partial charge in [-0.25, -0.2) is 8.78 Å². The van der Waals surface area contributed by atoms with Crippen molar-refractivity contribution in [1.29, 1.82) is 0 Å². The summed E-state index contributed by atoms with van der Waals surface area (Å²) in [4.78, 5) is 13.8. The second-order valence-electron chi connectivity index (χ2n) is 4.70. The molecule has 0 aromatic heterocycles. The summed E-state index contributed by atoms with van der Waals surface area (Å²) in [7, 11) is 0. The van der Waals surface area contributed by atoms with E-state index in [9.17, 15) is 13.6 Å². The van der Waals surface area contributed by atoms with Crippen LogP contribution in [-0.4, -0.2) is 12.5 Å². The summed E-state index contributed by atoms with van der Waals surface area (Å²) in [6.45, 7) is 0.438. The highest BCUT2D eigenvalue weighted by Gasteiger charge is 2.28. The zero-order valence-electron chi connectivity index (χ0n) is 10.6. The van der Waals surface area contributed by atoms with E-state index >= 15 is 0 Å². The highest BCUT2D eigenvalue weighted by atomic mass is 19.2. The van der Waals surface area contributed by atoms with E-state index < -0.39 is 17.5 Å². The van der Waals surface area contributed by atoms with Gasteiger partial charge >= 0.3 is 0 Å². The Balaban J connectivity index is 2.02. The number of nitrogens with two attached hydrogens (primary N) is 1. The minimum absolute atomic E-state index is 0.264. The average molecular weight is 274 g/mol. The molecule has 3 rings (SSSR count). The van der Waals surface area contributed by atoms with Crippen LogP contribution in [0.15, 0.2) is 36.4 Å². The third-order valence-electron chi connectivity index (χ3n) is 3.43. The van der Waals surface area contributed by atoms with Gasteiger partial charge < -0.3 is 10.6 Å². The maximum atomic E-state index is 13.7. The quantitative estimate of drug-likeness (QED) is 0.813. The van der Waals surface area contributed by atoms with Crippen molar-refractivity contribution in [3.63, 3.8) is 0 Å². The summed E-state index contributed by atoms with van der Waals surface area (Å²) in [5.41, 5.74) is 7.62. The van der Waals surface area contributed by atoms with Crippen molar-refractivity contribution >= 4 is 17.3 Å². The number of amides is 1. The Morgan fingerprint density at radius 2 is 2.00 bits per heavy atom. The van der Waals surface area contributed by atoms with Gasteiger partial charge in [0.15, 0.2) is 11.6 Å². The van der Waals surface area contributed by atoms with Crippen LogP contribution in [0.25, 0.3) is 0 Å². The minimum atomic E-state index is -1.12. The van der Waals surface area contributed by atoms with Gasteiger partial charge in [-0.15, -0.1) is 0 Å². The van der Waals surface area contributed by atoms with Crippen molar-refractivity contribution in [1.82, 2.24) is 0 Å². The summed E-state index contributed by atoms with van der Waals surface area (Å²) in [5.74, 6) is -2.69. The molecule has 0 saturated heterocycles. The summed E-state index contributed by atoms with van der Waals surface area (Å²) >= 11 is 0. The average Bonchev–Trinajstić information content (AvgIpc) is 2.84. The van der Waals surface area contributed by atoms with E-state index in [0.29, 0.717) is 24.3 Å². The van der Waals surface area contributed by atoms with E-state index in [-0.39, 0.29) is 5.56 Å². The maximum Gasteiger partial charge on any atom is 0.261 e. The molecule has 102 valence electrons. The lowest BCUT2D eigenvalue weighted by molar-refractivity contribution is 0.0984. The van der Waals surface area contributed by atoms with Crippen molar-refractivity contribution in [2.24, 2.45) is 0 Å². The van der Waals surface area contributed by atoms with Gasteiger partial charge in [-0.05, 0) is 36.2 Å². The summed E-state index contributed by atoms with van der Waals surface area (Å²) in [5, 5.41) is 0. The number of halogens is 2. The lowest BCUT2D eigenvalue weighted by Crippen LogP contribution is -2.29. The number of fused-ring (bicyclic) bond motifs is 1. The van der Waals surface area contributed by atoms with Crippen molar-refractivity contribution in [2.45, 2.75) is 6.42 Å². The standard InChI is InChI=1S/C15H12F2N2O/c16-12-3-1-2-11(14(12)17)15(20)19-7-6-9-4-5-10(18)8-13(9)19/h1-5,8H,6-7,18H2. The zero-order chi connectivity index (χ0) is 14.3. The number of carbonyl (C=O) groups excluding carboxylic acids is 1. The molecule has 5 heteroatoms. The Labute approximate surface area is 114 Å². The number of rotatable bonds is 1. The fourth-order valence-electron chi connectivity index (χ4n) is 2.42. The van der Waals surface area contributed by atoms with Crippen LogP contribution in [0.1, 0.15) is 15.9 Å². The van der Waals surface area contributed by atoms with Crippen molar-refractivity contribution in [2.75, 3.05) is 17.2 Å². The first-order chi connectivity index (χ1) is 9.58. The molecule has 2 aromatic carbocycles. The first-order valence-corrected chi connectivity index (χ1v) is 6.22. The Morgan fingerprint density at radius 3 is 2.80 bits per heavy atom. The van der Waals surface area contributed by atoms with E-state index in [4.69, 9.17) is 5.73 Å². The number of anilines is 2. The molecule has 0 bridgehead atoms. The molecule has 2 aromatic rings. The maximum absolute atomic E-state index is 13.7. The molecule has 0 atom stereocenters. The number of carbonyl (C=O) groups is 1. The van der Waals surface area contributed by atoms with Crippen LogP contribution >= 0.6 is 0 Å². The van der Waals surface area contributed by atoms with Crippen molar-refractivity contribution in [3.8, 4) is 0 Å². The predicted octanol–water partition coefficient (Wildman–Crippen LogP) is 2.75. The smallest absolute Gasteiger partial charge is 0.261 e. The highest BCUT2D eigenvalue weighted by Crippen LogP contribution is 2.31. The Bertz CT molecular complexity index is 700. The van der Waals surface area contributed by atoms with Crippen LogP contribution < -0.4 is 10.6 Å². The van der Waals surface area contributed by atoms with Gasteiger partial charge in [-0.2, -0.15) is 0 Å². The van der Waals surface area contributed by atoms with Crippen LogP contribution in [0.2, 0.25) is 0 Å². The van der Waals surface area contributed by atoms with Crippen LogP contribution in [-0.2, 0) is 6.42 Å². The van der Waals surface area contributed by atoms with Crippen molar-refractivity contribution in [3.05, 3.63) is 59.2 Å². The van der Waals surface area contributed by atoms with E-state index in [2.05, 4.69) is 0 Å². The van der Waals surface area contributed by atoms with E-state index in [1.165, 1.54) is 17.0 Å². The lowest BCUT2D eigenvalue weighted by Gasteiger charge is -2.18. The third kappa shape index (κ3) is 1.91. The normalized spacial score (nSPS) is 13.4. The molecule has 0 unspecified atom stereocenters. The van der Waals surface area contributed by atoms with E-state index in [1.807, 2.05) is 6.07 Å². The lowest BCUT2D eigenvalue weighted by atomic mass is 10.1. The molecule has 0 aliphatic carbocycles. The van der Waals surface area contributed by atoms with Gasteiger partial charge in [-0.1, -0.05) is 12.1 Å². The first kappa shape index (κ1) is 12.6. The molecular formula is C15H12F2N2O. The molecule has 20 heavy (non-hydrogen) atoms. The molecule has 1 aliphatic heterocycles. The van der Waals surface area contributed by atoms with Crippen LogP contribution in [0.4, 0.5) is 20.2 Å². The third-order valence-corrected chi connectivity index (χ3v) is 3.43. The number of nitrogen functional groups attached to an aromatic ring is 1. The van der Waals surface area contributed by atoms with E-state index in [1.54, 1.807) is 12.1 Å². The van der Waals surface area contributed by atoms with Gasteiger partial charge in [0, 0.05) is 17.9 Å². The van der Waals surface area contributed by atoms with Crippen molar-refractivity contribution < 1.29 is 13.6 Å². The van der Waals surface area contributed by atoms with E-state index in [0.717, 1.165) is 11.6 Å². The molecule has 1 aliphatic rings. The molecule has 3 nitrogen and oxygen atoms in total. The fourth-order valence-corrected chi connectivity index (χ4v) is 2.42. The first-order valence-electron chi connectivity index (χ1n) is 6.22. The molecular weight excluding hydrogens is 262 g/mol. The summed E-state index contributed by atoms with van der Waals surface area (Å²) in [6.07, 6.45) is 0.679. The minimum Gasteiger partial charge on any atom is -0.399 e. The van der Waals surface area contributed by atoms with Gasteiger partial charge in [0.05, 0.1) is 5.56 Å². The second-order valence-corrected chi connectivity index (χ2v) is 4.70. The number of hydrogen-bond donors (Lipinski definition) is 1. The molecule has 2 N–H and O–H groups in total. The Kier molecular flexibility index (Phi) is 2.89. The van der Waals surface area contributed by atoms with Gasteiger partial charge in [0.25, 0.3) is 5.91 Å².